The molecule has 1 aromatic carbocycles. The van der Waals surface area contributed by atoms with Crippen molar-refractivity contribution < 1.29 is 4.79 Å². The number of aliphatic imine (C=N–C) groups is 1. The zero-order valence-corrected chi connectivity index (χ0v) is 22.3. The summed E-state index contributed by atoms with van der Waals surface area (Å²) in [5.74, 6) is 1.84. The highest BCUT2D eigenvalue weighted by molar-refractivity contribution is 14.0. The Morgan fingerprint density at radius 3 is 2.24 bits per heavy atom. The standard InChI is InChI=1S/C25H36N6O.HI/c1-4-26-25(28-17-20-9-12-22(13-10-20)24(32)30(2)3)29-19-21-11-14-23(27-18-21)31-15-7-5-6-8-16-31;/h9-14,18H,4-8,15-17,19H2,1-3H3,(H2,26,28,29);1H. The van der Waals surface area contributed by atoms with Crippen molar-refractivity contribution in [1.29, 1.82) is 0 Å². The van der Waals surface area contributed by atoms with Gasteiger partial charge in [-0.3, -0.25) is 4.79 Å². The summed E-state index contributed by atoms with van der Waals surface area (Å²) in [6, 6.07) is 11.9. The van der Waals surface area contributed by atoms with Crippen molar-refractivity contribution in [3.8, 4) is 0 Å². The normalized spacial score (nSPS) is 14.2. The molecule has 1 saturated heterocycles. The number of hydrogen-bond donors (Lipinski definition) is 2. The van der Waals surface area contributed by atoms with Crippen molar-refractivity contribution in [1.82, 2.24) is 20.5 Å². The van der Waals surface area contributed by atoms with Gasteiger partial charge in [0.2, 0.25) is 0 Å². The fourth-order valence-corrected chi connectivity index (χ4v) is 3.72. The summed E-state index contributed by atoms with van der Waals surface area (Å²) in [5, 5.41) is 6.65. The van der Waals surface area contributed by atoms with E-state index in [-0.39, 0.29) is 29.9 Å². The van der Waals surface area contributed by atoms with E-state index in [2.05, 4.69) is 39.6 Å². The summed E-state index contributed by atoms with van der Waals surface area (Å²) in [7, 11) is 3.52. The van der Waals surface area contributed by atoms with E-state index >= 15 is 0 Å². The molecular formula is C25H37IN6O. The number of benzene rings is 1. The van der Waals surface area contributed by atoms with Gasteiger partial charge in [0.25, 0.3) is 5.91 Å². The number of rotatable bonds is 7. The van der Waals surface area contributed by atoms with E-state index < -0.39 is 0 Å². The number of nitrogens with zero attached hydrogens (tertiary/aromatic N) is 4. The van der Waals surface area contributed by atoms with Crippen LogP contribution in [0.2, 0.25) is 0 Å². The second-order valence-electron chi connectivity index (χ2n) is 8.37. The summed E-state index contributed by atoms with van der Waals surface area (Å²) in [4.78, 5) is 25.4. The van der Waals surface area contributed by atoms with Gasteiger partial charge < -0.3 is 20.4 Å². The van der Waals surface area contributed by atoms with E-state index in [4.69, 9.17) is 4.99 Å². The average Bonchev–Trinajstić information content (AvgIpc) is 3.11. The van der Waals surface area contributed by atoms with Crippen LogP contribution in [0.15, 0.2) is 47.6 Å². The van der Waals surface area contributed by atoms with Gasteiger partial charge in [0.05, 0.1) is 6.54 Å². The zero-order chi connectivity index (χ0) is 22.8. The van der Waals surface area contributed by atoms with Crippen LogP contribution in [-0.2, 0) is 13.1 Å². The van der Waals surface area contributed by atoms with Crippen LogP contribution in [0.25, 0.3) is 0 Å². The van der Waals surface area contributed by atoms with E-state index in [0.29, 0.717) is 18.7 Å². The van der Waals surface area contributed by atoms with Gasteiger partial charge in [-0.05, 0) is 49.1 Å². The largest absolute Gasteiger partial charge is 0.357 e. The van der Waals surface area contributed by atoms with Crippen LogP contribution >= 0.6 is 24.0 Å². The second kappa shape index (κ2) is 14.0. The Morgan fingerprint density at radius 2 is 1.67 bits per heavy atom. The molecule has 180 valence electrons. The van der Waals surface area contributed by atoms with Gasteiger partial charge in [0.1, 0.15) is 5.82 Å². The molecule has 1 amide bonds. The van der Waals surface area contributed by atoms with Gasteiger partial charge in [-0.25, -0.2) is 9.98 Å². The lowest BCUT2D eigenvalue weighted by atomic mass is 10.1. The molecule has 0 radical (unpaired) electrons. The van der Waals surface area contributed by atoms with Crippen LogP contribution in [-0.4, -0.2) is 55.5 Å². The maximum absolute atomic E-state index is 12.0. The minimum Gasteiger partial charge on any atom is -0.357 e. The number of carbonyl (C=O) groups excluding carboxylic acids is 1. The highest BCUT2D eigenvalue weighted by atomic mass is 127. The molecule has 2 N–H and O–H groups in total. The lowest BCUT2D eigenvalue weighted by Crippen LogP contribution is -2.36. The summed E-state index contributed by atoms with van der Waals surface area (Å²) in [5.41, 5.74) is 2.87. The van der Waals surface area contributed by atoms with Crippen molar-refractivity contribution in [2.45, 2.75) is 45.7 Å². The fourth-order valence-electron chi connectivity index (χ4n) is 3.72. The molecule has 8 heteroatoms. The van der Waals surface area contributed by atoms with Gasteiger partial charge in [0, 0.05) is 52.0 Å². The third kappa shape index (κ3) is 8.49. The molecule has 7 nitrogen and oxygen atoms in total. The smallest absolute Gasteiger partial charge is 0.253 e. The number of nitrogens with one attached hydrogen (secondary N) is 2. The van der Waals surface area contributed by atoms with E-state index in [9.17, 15) is 4.79 Å². The van der Waals surface area contributed by atoms with E-state index in [0.717, 1.165) is 42.5 Å². The van der Waals surface area contributed by atoms with E-state index in [1.165, 1.54) is 25.7 Å². The van der Waals surface area contributed by atoms with Crippen molar-refractivity contribution in [2.75, 3.05) is 38.6 Å². The number of carbonyl (C=O) groups is 1. The Morgan fingerprint density at radius 1 is 1.00 bits per heavy atom. The molecule has 0 aliphatic carbocycles. The Bertz CT molecular complexity index is 875. The maximum atomic E-state index is 12.0. The zero-order valence-electron chi connectivity index (χ0n) is 20.0. The number of aromatic nitrogens is 1. The SMILES string of the molecule is CCNC(=NCc1ccc(N2CCCCCC2)nc1)NCc1ccc(C(=O)N(C)C)cc1.I. The number of amides is 1. The molecule has 0 saturated carbocycles. The lowest BCUT2D eigenvalue weighted by Gasteiger charge is -2.21. The van der Waals surface area contributed by atoms with Gasteiger partial charge in [0.15, 0.2) is 5.96 Å². The lowest BCUT2D eigenvalue weighted by molar-refractivity contribution is 0.0827. The second-order valence-corrected chi connectivity index (χ2v) is 8.37. The van der Waals surface area contributed by atoms with Gasteiger partial charge in [-0.2, -0.15) is 0 Å². The number of hydrogen-bond acceptors (Lipinski definition) is 4. The molecule has 2 aromatic rings. The average molecular weight is 565 g/mol. The Balaban J connectivity index is 0.00000385. The van der Waals surface area contributed by atoms with Crippen LogP contribution < -0.4 is 15.5 Å². The highest BCUT2D eigenvalue weighted by Gasteiger charge is 2.11. The molecule has 0 atom stereocenters. The predicted octanol–water partition coefficient (Wildman–Crippen LogP) is 4.04. The molecule has 0 unspecified atom stereocenters. The molecule has 2 heterocycles. The monoisotopic (exact) mass is 564 g/mol. The Kier molecular flexibility index (Phi) is 11.4. The first kappa shape index (κ1) is 26.9. The van der Waals surface area contributed by atoms with Crippen LogP contribution in [0, 0.1) is 0 Å². The number of halogens is 1. The third-order valence-electron chi connectivity index (χ3n) is 5.57. The van der Waals surface area contributed by atoms with E-state index in [1.54, 1.807) is 19.0 Å². The first-order chi connectivity index (χ1) is 15.6. The van der Waals surface area contributed by atoms with Crippen molar-refractivity contribution in [3.05, 3.63) is 59.3 Å². The number of guanidine groups is 1. The van der Waals surface area contributed by atoms with Crippen LogP contribution in [0.4, 0.5) is 5.82 Å². The van der Waals surface area contributed by atoms with Crippen molar-refractivity contribution in [2.24, 2.45) is 4.99 Å². The molecule has 0 bridgehead atoms. The predicted molar refractivity (Wildman–Crippen MR) is 146 cm³/mol. The molecule has 1 aliphatic rings. The Hall–Kier alpha value is -2.36. The summed E-state index contributed by atoms with van der Waals surface area (Å²) in [6.45, 7) is 6.24. The maximum Gasteiger partial charge on any atom is 0.253 e. The molecular weight excluding hydrogens is 527 g/mol. The van der Waals surface area contributed by atoms with Crippen LogP contribution in [0.5, 0.6) is 0 Å². The minimum absolute atomic E-state index is 0. The summed E-state index contributed by atoms with van der Waals surface area (Å²) >= 11 is 0. The van der Waals surface area contributed by atoms with E-state index in [1.807, 2.05) is 30.5 Å². The molecule has 3 rings (SSSR count). The number of anilines is 1. The molecule has 33 heavy (non-hydrogen) atoms. The summed E-state index contributed by atoms with van der Waals surface area (Å²) < 4.78 is 0. The van der Waals surface area contributed by atoms with Crippen molar-refractivity contribution in [3.63, 3.8) is 0 Å². The first-order valence-corrected chi connectivity index (χ1v) is 11.6. The quantitative estimate of drug-likeness (QED) is 0.302. The minimum atomic E-state index is 0. The van der Waals surface area contributed by atoms with Gasteiger partial charge >= 0.3 is 0 Å². The number of pyridine rings is 1. The fraction of sp³-hybridized carbons (Fsp3) is 0.480. The highest BCUT2D eigenvalue weighted by Crippen LogP contribution is 2.17. The van der Waals surface area contributed by atoms with Crippen LogP contribution in [0.1, 0.15) is 54.1 Å². The van der Waals surface area contributed by atoms with Crippen molar-refractivity contribution >= 4 is 41.7 Å². The topological polar surface area (TPSA) is 72.9 Å². The van der Waals surface area contributed by atoms with Gasteiger partial charge in [-0.15, -0.1) is 24.0 Å². The third-order valence-corrected chi connectivity index (χ3v) is 5.57. The molecule has 1 fully saturated rings. The Labute approximate surface area is 215 Å². The molecule has 1 aromatic heterocycles. The van der Waals surface area contributed by atoms with Crippen LogP contribution in [0.3, 0.4) is 0 Å². The first-order valence-electron chi connectivity index (χ1n) is 11.6. The van der Waals surface area contributed by atoms with Gasteiger partial charge in [-0.1, -0.05) is 31.0 Å². The molecule has 1 aliphatic heterocycles. The summed E-state index contributed by atoms with van der Waals surface area (Å²) in [6.07, 6.45) is 7.08. The molecule has 0 spiro atoms.